The molecule has 0 spiro atoms. The van der Waals surface area contributed by atoms with Crippen molar-refractivity contribution in [2.75, 3.05) is 12.4 Å². The molecule has 1 amide bonds. The van der Waals surface area contributed by atoms with Gasteiger partial charge in [-0.05, 0) is 33.6 Å². The molecule has 0 unspecified atom stereocenters. The lowest BCUT2D eigenvalue weighted by molar-refractivity contribution is 0.0170. The summed E-state index contributed by atoms with van der Waals surface area (Å²) < 4.78 is 10.5. The quantitative estimate of drug-likeness (QED) is 0.773. The molecule has 0 aliphatic heterocycles. The van der Waals surface area contributed by atoms with Gasteiger partial charge in [0.2, 0.25) is 0 Å². The van der Waals surface area contributed by atoms with E-state index in [1.165, 1.54) is 0 Å². The number of methoxy groups -OCH3 is 1. The monoisotopic (exact) mass is 296 g/mol. The molecule has 0 aromatic carbocycles. The number of amides is 1. The van der Waals surface area contributed by atoms with E-state index in [0.29, 0.717) is 24.5 Å². The number of ether oxygens (including phenoxy) is 2. The van der Waals surface area contributed by atoms with Crippen molar-refractivity contribution in [2.45, 2.75) is 57.9 Å². The molecule has 0 radical (unpaired) electrons. The van der Waals surface area contributed by atoms with Gasteiger partial charge < -0.3 is 14.8 Å². The number of anilines is 1. The van der Waals surface area contributed by atoms with Crippen LogP contribution in [0.3, 0.4) is 0 Å². The number of hydrogen-bond acceptors (Lipinski definition) is 5. The Morgan fingerprint density at radius 2 is 2.19 bits per heavy atom. The molecule has 21 heavy (non-hydrogen) atoms. The zero-order chi connectivity index (χ0) is 15.5. The highest BCUT2D eigenvalue weighted by Crippen LogP contribution is 2.23. The predicted molar refractivity (Wildman–Crippen MR) is 79.1 cm³/mol. The molecule has 1 aliphatic carbocycles. The molecule has 2 rings (SSSR count). The van der Waals surface area contributed by atoms with Gasteiger partial charge in [0.15, 0.2) is 0 Å². The van der Waals surface area contributed by atoms with Crippen molar-refractivity contribution in [3.05, 3.63) is 11.8 Å². The van der Waals surface area contributed by atoms with Crippen LogP contribution in [0, 0.1) is 0 Å². The minimum absolute atomic E-state index is 0.367. The smallest absolute Gasteiger partial charge is 0.413 e. The maximum atomic E-state index is 11.7. The first-order valence-corrected chi connectivity index (χ1v) is 7.16. The Hall–Kier alpha value is -1.60. The van der Waals surface area contributed by atoms with Gasteiger partial charge in [-0.2, -0.15) is 5.10 Å². The molecule has 7 nitrogen and oxygen atoms in total. The van der Waals surface area contributed by atoms with Crippen molar-refractivity contribution in [2.24, 2.45) is 0 Å². The van der Waals surface area contributed by atoms with Gasteiger partial charge in [-0.3, -0.25) is 10.4 Å². The van der Waals surface area contributed by atoms with Gasteiger partial charge in [-0.15, -0.1) is 0 Å². The normalized spacial score (nSPS) is 21.7. The maximum Gasteiger partial charge on any atom is 0.413 e. The number of nitrogens with one attached hydrogen (secondary N) is 3. The van der Waals surface area contributed by atoms with E-state index in [9.17, 15) is 4.79 Å². The highest BCUT2D eigenvalue weighted by molar-refractivity contribution is 5.84. The maximum absolute atomic E-state index is 11.7. The van der Waals surface area contributed by atoms with E-state index in [2.05, 4.69) is 20.8 Å². The second-order valence-corrected chi connectivity index (χ2v) is 6.30. The number of aromatic amines is 1. The van der Waals surface area contributed by atoms with Gasteiger partial charge in [0.05, 0.1) is 12.3 Å². The fraction of sp³-hybridized carbons (Fsp3) is 0.714. The summed E-state index contributed by atoms with van der Waals surface area (Å²) in [6.45, 7) is 6.11. The molecule has 118 valence electrons. The third-order valence-corrected chi connectivity index (χ3v) is 3.35. The van der Waals surface area contributed by atoms with Gasteiger partial charge >= 0.3 is 6.09 Å². The molecule has 1 heterocycles. The summed E-state index contributed by atoms with van der Waals surface area (Å²) in [5.41, 5.74) is 0.380. The molecule has 1 aliphatic rings. The molecule has 1 aromatic rings. The lowest BCUT2D eigenvalue weighted by Crippen LogP contribution is -2.44. The number of aromatic nitrogens is 2. The van der Waals surface area contributed by atoms with Crippen LogP contribution in [0.2, 0.25) is 0 Å². The lowest BCUT2D eigenvalue weighted by Gasteiger charge is -2.34. The van der Waals surface area contributed by atoms with Crippen LogP contribution < -0.4 is 10.6 Å². The Balaban J connectivity index is 1.80. The Morgan fingerprint density at radius 3 is 2.81 bits per heavy atom. The molecule has 1 aromatic heterocycles. The van der Waals surface area contributed by atoms with Crippen LogP contribution in [0.25, 0.3) is 0 Å². The van der Waals surface area contributed by atoms with Crippen molar-refractivity contribution < 1.29 is 14.3 Å². The van der Waals surface area contributed by atoms with Crippen molar-refractivity contribution in [1.29, 1.82) is 0 Å². The first-order valence-electron chi connectivity index (χ1n) is 7.16. The van der Waals surface area contributed by atoms with Crippen LogP contribution in [-0.4, -0.2) is 41.1 Å². The van der Waals surface area contributed by atoms with E-state index >= 15 is 0 Å². The van der Waals surface area contributed by atoms with Crippen LogP contribution in [0.5, 0.6) is 0 Å². The van der Waals surface area contributed by atoms with E-state index in [-0.39, 0.29) is 0 Å². The second-order valence-electron chi connectivity index (χ2n) is 6.30. The number of nitrogens with zero attached hydrogens (tertiary/aromatic N) is 1. The van der Waals surface area contributed by atoms with Gasteiger partial charge in [0.1, 0.15) is 11.4 Å². The lowest BCUT2D eigenvalue weighted by atomic mass is 9.89. The molecular formula is C14H24N4O3. The Labute approximate surface area is 124 Å². The van der Waals surface area contributed by atoms with Gasteiger partial charge in [0, 0.05) is 25.3 Å². The average Bonchev–Trinajstić information content (AvgIpc) is 2.72. The Morgan fingerprint density at radius 1 is 1.48 bits per heavy atom. The van der Waals surface area contributed by atoms with Crippen LogP contribution >= 0.6 is 0 Å². The van der Waals surface area contributed by atoms with E-state index in [1.807, 2.05) is 20.8 Å². The van der Waals surface area contributed by atoms with Crippen LogP contribution in [0.1, 0.15) is 39.2 Å². The van der Waals surface area contributed by atoms with E-state index in [1.54, 1.807) is 13.3 Å². The number of H-pyrrole nitrogens is 1. The Kier molecular flexibility index (Phi) is 4.84. The number of hydrogen-bond donors (Lipinski definition) is 3. The summed E-state index contributed by atoms with van der Waals surface area (Å²) in [4.78, 5) is 11.7. The highest BCUT2D eigenvalue weighted by atomic mass is 16.6. The second kappa shape index (κ2) is 6.44. The van der Waals surface area contributed by atoms with Gasteiger partial charge in [-0.25, -0.2) is 4.79 Å². The van der Waals surface area contributed by atoms with E-state index in [0.717, 1.165) is 18.4 Å². The average molecular weight is 296 g/mol. The SMILES string of the molecule is COC1CC(NCc2cn[nH]c2NC(=O)OC(C)(C)C)C1. The predicted octanol–water partition coefficient (Wildman–Crippen LogP) is 2.02. The molecule has 0 bridgehead atoms. The third-order valence-electron chi connectivity index (χ3n) is 3.35. The first-order chi connectivity index (χ1) is 9.87. The van der Waals surface area contributed by atoms with Gasteiger partial charge in [0.25, 0.3) is 0 Å². The molecule has 7 heteroatoms. The summed E-state index contributed by atoms with van der Waals surface area (Å²) in [7, 11) is 1.74. The largest absolute Gasteiger partial charge is 0.444 e. The summed E-state index contributed by atoms with van der Waals surface area (Å²) >= 11 is 0. The standard InChI is InChI=1S/C14H24N4O3/c1-14(2,3)21-13(19)17-12-9(8-16-18-12)7-15-10-5-11(6-10)20-4/h8,10-11,15H,5-7H2,1-4H3,(H2,16,17,18,19). The fourth-order valence-electron chi connectivity index (χ4n) is 2.14. The number of rotatable bonds is 5. The van der Waals surface area contributed by atoms with Crippen LogP contribution in [-0.2, 0) is 16.0 Å². The molecule has 1 fully saturated rings. The zero-order valence-corrected chi connectivity index (χ0v) is 13.0. The summed E-state index contributed by atoms with van der Waals surface area (Å²) in [6.07, 6.45) is 3.61. The summed E-state index contributed by atoms with van der Waals surface area (Å²) in [5, 5.41) is 12.8. The topological polar surface area (TPSA) is 88.3 Å². The van der Waals surface area contributed by atoms with Gasteiger partial charge in [-0.1, -0.05) is 0 Å². The van der Waals surface area contributed by atoms with Crippen LogP contribution in [0.4, 0.5) is 10.6 Å². The molecule has 3 N–H and O–H groups in total. The van der Waals surface area contributed by atoms with Crippen molar-refractivity contribution in [3.8, 4) is 0 Å². The molecular weight excluding hydrogens is 272 g/mol. The summed E-state index contributed by atoms with van der Waals surface area (Å²) in [5.74, 6) is 0.569. The minimum atomic E-state index is -0.524. The van der Waals surface area contributed by atoms with E-state index < -0.39 is 11.7 Å². The minimum Gasteiger partial charge on any atom is -0.444 e. The fourth-order valence-corrected chi connectivity index (χ4v) is 2.14. The zero-order valence-electron chi connectivity index (χ0n) is 13.0. The van der Waals surface area contributed by atoms with E-state index in [4.69, 9.17) is 9.47 Å². The molecule has 1 saturated carbocycles. The third kappa shape index (κ3) is 4.71. The van der Waals surface area contributed by atoms with Crippen molar-refractivity contribution in [3.63, 3.8) is 0 Å². The first kappa shape index (κ1) is 15.8. The molecule has 0 atom stereocenters. The summed E-state index contributed by atoms with van der Waals surface area (Å²) in [6, 6.07) is 0.458. The number of carbonyl (C=O) groups is 1. The van der Waals surface area contributed by atoms with Crippen molar-refractivity contribution >= 4 is 11.9 Å². The highest BCUT2D eigenvalue weighted by Gasteiger charge is 2.28. The number of carbonyl (C=O) groups excluding carboxylic acids is 1. The van der Waals surface area contributed by atoms with Crippen LogP contribution in [0.15, 0.2) is 6.20 Å². The molecule has 0 saturated heterocycles. The van der Waals surface area contributed by atoms with Crippen molar-refractivity contribution in [1.82, 2.24) is 15.5 Å². The Bertz CT molecular complexity index is 475.